The van der Waals surface area contributed by atoms with Gasteiger partial charge in [-0.3, -0.25) is 0 Å². The monoisotopic (exact) mass is 197 g/mol. The van der Waals surface area contributed by atoms with Crippen molar-refractivity contribution in [2.45, 2.75) is 19.3 Å². The molecular formula is C11H16ClN. The van der Waals surface area contributed by atoms with Crippen LogP contribution in [0, 0.1) is 0 Å². The molecule has 0 amide bonds. The highest BCUT2D eigenvalue weighted by atomic mass is 35.5. The summed E-state index contributed by atoms with van der Waals surface area (Å²) in [5, 5.41) is 3.98. The molecule has 1 N–H and O–H groups in total. The van der Waals surface area contributed by atoms with E-state index in [9.17, 15) is 0 Å². The molecule has 0 spiro atoms. The van der Waals surface area contributed by atoms with Gasteiger partial charge in [0.25, 0.3) is 0 Å². The lowest BCUT2D eigenvalue weighted by Crippen LogP contribution is -2.07. The zero-order valence-corrected chi connectivity index (χ0v) is 8.77. The minimum Gasteiger partial charge on any atom is -0.320 e. The van der Waals surface area contributed by atoms with Gasteiger partial charge in [0.2, 0.25) is 0 Å². The minimum atomic E-state index is 0.839. The molecule has 0 bridgehead atoms. The Bertz CT molecular complexity index is 248. The standard InChI is InChI=1S/C11H16ClN/c1-13-8-3-2-5-10-6-4-7-11(12)9-10/h4,6-7,9,13H,2-3,5,8H2,1H3. The van der Waals surface area contributed by atoms with Crippen molar-refractivity contribution in [1.29, 1.82) is 0 Å². The van der Waals surface area contributed by atoms with Crippen LogP contribution in [-0.2, 0) is 6.42 Å². The van der Waals surface area contributed by atoms with Crippen molar-refractivity contribution < 1.29 is 0 Å². The van der Waals surface area contributed by atoms with Crippen molar-refractivity contribution in [3.05, 3.63) is 34.9 Å². The van der Waals surface area contributed by atoms with Gasteiger partial charge in [-0.25, -0.2) is 0 Å². The Morgan fingerprint density at radius 2 is 2.15 bits per heavy atom. The van der Waals surface area contributed by atoms with Crippen LogP contribution in [-0.4, -0.2) is 13.6 Å². The second-order valence-electron chi connectivity index (χ2n) is 3.19. The lowest BCUT2D eigenvalue weighted by molar-refractivity contribution is 0.677. The predicted octanol–water partition coefficient (Wildman–Crippen LogP) is 2.88. The summed E-state index contributed by atoms with van der Waals surface area (Å²) in [5.74, 6) is 0. The first-order valence-corrected chi connectivity index (χ1v) is 5.10. The molecule has 0 radical (unpaired) electrons. The van der Waals surface area contributed by atoms with E-state index < -0.39 is 0 Å². The second-order valence-corrected chi connectivity index (χ2v) is 3.63. The van der Waals surface area contributed by atoms with Crippen LogP contribution < -0.4 is 5.32 Å². The number of halogens is 1. The van der Waals surface area contributed by atoms with Gasteiger partial charge in [0.1, 0.15) is 0 Å². The molecule has 2 heteroatoms. The van der Waals surface area contributed by atoms with Crippen molar-refractivity contribution >= 4 is 11.6 Å². The van der Waals surface area contributed by atoms with Crippen molar-refractivity contribution in [1.82, 2.24) is 5.32 Å². The summed E-state index contributed by atoms with van der Waals surface area (Å²) in [7, 11) is 1.99. The maximum Gasteiger partial charge on any atom is 0.0408 e. The highest BCUT2D eigenvalue weighted by Crippen LogP contribution is 2.12. The van der Waals surface area contributed by atoms with Gasteiger partial charge in [-0.1, -0.05) is 23.7 Å². The lowest BCUT2D eigenvalue weighted by atomic mass is 10.1. The molecule has 1 aromatic carbocycles. The summed E-state index contributed by atoms with van der Waals surface area (Å²) >= 11 is 5.87. The summed E-state index contributed by atoms with van der Waals surface area (Å²) < 4.78 is 0. The fraction of sp³-hybridized carbons (Fsp3) is 0.455. The van der Waals surface area contributed by atoms with E-state index in [1.54, 1.807) is 0 Å². The number of hydrogen-bond acceptors (Lipinski definition) is 1. The van der Waals surface area contributed by atoms with Gasteiger partial charge in [0.15, 0.2) is 0 Å². The van der Waals surface area contributed by atoms with E-state index in [0.29, 0.717) is 0 Å². The average Bonchev–Trinajstić information content (AvgIpc) is 2.13. The fourth-order valence-electron chi connectivity index (χ4n) is 1.32. The number of hydrogen-bond donors (Lipinski definition) is 1. The summed E-state index contributed by atoms with van der Waals surface area (Å²) in [6.07, 6.45) is 3.58. The van der Waals surface area contributed by atoms with Crippen LogP contribution in [0.25, 0.3) is 0 Å². The highest BCUT2D eigenvalue weighted by Gasteiger charge is 1.93. The molecule has 0 aromatic heterocycles. The average molecular weight is 198 g/mol. The lowest BCUT2D eigenvalue weighted by Gasteiger charge is -2.01. The molecule has 72 valence electrons. The molecule has 0 heterocycles. The smallest absolute Gasteiger partial charge is 0.0408 e. The number of nitrogens with one attached hydrogen (secondary N) is 1. The molecule has 0 atom stereocenters. The van der Waals surface area contributed by atoms with Crippen LogP contribution in [0.1, 0.15) is 18.4 Å². The van der Waals surface area contributed by atoms with E-state index in [1.807, 2.05) is 25.2 Å². The first-order valence-electron chi connectivity index (χ1n) is 4.72. The first-order chi connectivity index (χ1) is 6.33. The van der Waals surface area contributed by atoms with Gasteiger partial charge >= 0.3 is 0 Å². The van der Waals surface area contributed by atoms with Crippen LogP contribution in [0.3, 0.4) is 0 Å². The molecule has 1 rings (SSSR count). The molecule has 0 saturated heterocycles. The summed E-state index contributed by atoms with van der Waals surface area (Å²) in [6, 6.07) is 8.10. The van der Waals surface area contributed by atoms with Crippen molar-refractivity contribution in [3.8, 4) is 0 Å². The number of rotatable bonds is 5. The van der Waals surface area contributed by atoms with Crippen LogP contribution in [0.2, 0.25) is 5.02 Å². The zero-order valence-electron chi connectivity index (χ0n) is 8.02. The van der Waals surface area contributed by atoms with Gasteiger partial charge in [0, 0.05) is 5.02 Å². The molecule has 0 aliphatic carbocycles. The third-order valence-corrected chi connectivity index (χ3v) is 2.27. The molecule has 0 saturated carbocycles. The van der Waals surface area contributed by atoms with Gasteiger partial charge in [-0.05, 0) is 50.6 Å². The van der Waals surface area contributed by atoms with Gasteiger partial charge < -0.3 is 5.32 Å². The van der Waals surface area contributed by atoms with E-state index in [1.165, 1.54) is 18.4 Å². The van der Waals surface area contributed by atoms with Gasteiger partial charge in [-0.2, -0.15) is 0 Å². The summed E-state index contributed by atoms with van der Waals surface area (Å²) in [6.45, 7) is 1.10. The van der Waals surface area contributed by atoms with E-state index in [0.717, 1.165) is 18.0 Å². The van der Waals surface area contributed by atoms with Gasteiger partial charge in [0.05, 0.1) is 0 Å². The molecule has 1 aromatic rings. The van der Waals surface area contributed by atoms with Crippen molar-refractivity contribution in [2.24, 2.45) is 0 Å². The molecule has 1 nitrogen and oxygen atoms in total. The molecule has 0 fully saturated rings. The Hall–Kier alpha value is -0.530. The Morgan fingerprint density at radius 3 is 2.85 bits per heavy atom. The van der Waals surface area contributed by atoms with Crippen LogP contribution in [0.15, 0.2) is 24.3 Å². The fourth-order valence-corrected chi connectivity index (χ4v) is 1.54. The molecule has 0 unspecified atom stereocenters. The van der Waals surface area contributed by atoms with Crippen LogP contribution in [0.4, 0.5) is 0 Å². The van der Waals surface area contributed by atoms with E-state index in [4.69, 9.17) is 11.6 Å². The van der Waals surface area contributed by atoms with Crippen molar-refractivity contribution in [2.75, 3.05) is 13.6 Å². The Balaban J connectivity index is 2.28. The topological polar surface area (TPSA) is 12.0 Å². The van der Waals surface area contributed by atoms with Gasteiger partial charge in [-0.15, -0.1) is 0 Å². The quantitative estimate of drug-likeness (QED) is 0.716. The van der Waals surface area contributed by atoms with Crippen LogP contribution >= 0.6 is 11.6 Å². The Morgan fingerprint density at radius 1 is 1.31 bits per heavy atom. The Labute approximate surface area is 85.1 Å². The highest BCUT2D eigenvalue weighted by molar-refractivity contribution is 6.30. The third kappa shape index (κ3) is 4.30. The largest absolute Gasteiger partial charge is 0.320 e. The maximum atomic E-state index is 5.87. The Kier molecular flexibility index (Phi) is 4.87. The summed E-state index contributed by atoms with van der Waals surface area (Å²) in [5.41, 5.74) is 1.34. The molecule has 0 aliphatic heterocycles. The van der Waals surface area contributed by atoms with Crippen LogP contribution in [0.5, 0.6) is 0 Å². The van der Waals surface area contributed by atoms with E-state index in [2.05, 4.69) is 11.4 Å². The third-order valence-electron chi connectivity index (χ3n) is 2.03. The molecular weight excluding hydrogens is 182 g/mol. The maximum absolute atomic E-state index is 5.87. The first kappa shape index (κ1) is 10.6. The normalized spacial score (nSPS) is 10.3. The van der Waals surface area contributed by atoms with E-state index in [-0.39, 0.29) is 0 Å². The number of aryl methyl sites for hydroxylation is 1. The number of benzene rings is 1. The van der Waals surface area contributed by atoms with Crippen molar-refractivity contribution in [3.63, 3.8) is 0 Å². The number of unbranched alkanes of at least 4 members (excludes halogenated alkanes) is 1. The minimum absolute atomic E-state index is 0.839. The molecule has 0 aliphatic rings. The summed E-state index contributed by atoms with van der Waals surface area (Å²) in [4.78, 5) is 0. The second kappa shape index (κ2) is 6.01. The van der Waals surface area contributed by atoms with E-state index >= 15 is 0 Å². The predicted molar refractivity (Wildman–Crippen MR) is 58.3 cm³/mol. The molecule has 13 heavy (non-hydrogen) atoms. The SMILES string of the molecule is CNCCCCc1cccc(Cl)c1. The zero-order chi connectivity index (χ0) is 9.52.